The molecule has 0 radical (unpaired) electrons. The van der Waals surface area contributed by atoms with E-state index in [1.54, 1.807) is 0 Å². The molecule has 1 atom stereocenters. The van der Waals surface area contributed by atoms with Crippen molar-refractivity contribution in [2.75, 3.05) is 24.3 Å². The van der Waals surface area contributed by atoms with Gasteiger partial charge in [0.15, 0.2) is 0 Å². The van der Waals surface area contributed by atoms with Gasteiger partial charge in [0, 0.05) is 10.2 Å². The van der Waals surface area contributed by atoms with Crippen LogP contribution in [0.15, 0.2) is 18.2 Å². The van der Waals surface area contributed by atoms with Gasteiger partial charge >= 0.3 is 0 Å². The summed E-state index contributed by atoms with van der Waals surface area (Å²) < 4.78 is 6.64. The van der Waals surface area contributed by atoms with Gasteiger partial charge in [-0.25, -0.2) is 0 Å². The zero-order chi connectivity index (χ0) is 12.8. The van der Waals surface area contributed by atoms with Crippen molar-refractivity contribution in [3.8, 4) is 0 Å². The average Bonchev–Trinajstić information content (AvgIpc) is 2.26. The highest BCUT2D eigenvalue weighted by Gasteiger charge is 2.14. The first kappa shape index (κ1) is 14.6. The third kappa shape index (κ3) is 4.71. The molecule has 1 unspecified atom stereocenters. The summed E-state index contributed by atoms with van der Waals surface area (Å²) in [6, 6.07) is 6.34. The van der Waals surface area contributed by atoms with Gasteiger partial charge in [-0.05, 0) is 53.6 Å². The lowest BCUT2D eigenvalue weighted by molar-refractivity contribution is 0.127. The Morgan fingerprint density at radius 1 is 1.41 bits per heavy atom. The monoisotopic (exact) mass is 348 g/mol. The van der Waals surface area contributed by atoms with Crippen molar-refractivity contribution in [2.45, 2.75) is 26.8 Å². The zero-order valence-electron chi connectivity index (χ0n) is 10.7. The Bertz CT molecular complexity index is 355. The molecule has 0 saturated heterocycles. The summed E-state index contributed by atoms with van der Waals surface area (Å²) >= 11 is 2.26. The summed E-state index contributed by atoms with van der Waals surface area (Å²) in [6.07, 6.45) is 0. The van der Waals surface area contributed by atoms with Crippen molar-refractivity contribution in [1.29, 1.82) is 0 Å². The quantitative estimate of drug-likeness (QED) is 0.612. The van der Waals surface area contributed by atoms with E-state index in [1.165, 1.54) is 0 Å². The largest absolute Gasteiger partial charge is 0.397 e. The minimum Gasteiger partial charge on any atom is -0.397 e. The van der Waals surface area contributed by atoms with Crippen molar-refractivity contribution in [3.63, 3.8) is 0 Å². The van der Waals surface area contributed by atoms with Crippen molar-refractivity contribution >= 4 is 34.0 Å². The molecular weight excluding hydrogens is 327 g/mol. The number of anilines is 2. The maximum atomic E-state index is 5.99. The number of nitrogen functional groups attached to an aromatic ring is 1. The molecule has 0 spiro atoms. The molecule has 0 heterocycles. The van der Waals surface area contributed by atoms with Gasteiger partial charge in [0.2, 0.25) is 0 Å². The van der Waals surface area contributed by atoms with Crippen molar-refractivity contribution in [1.82, 2.24) is 0 Å². The van der Waals surface area contributed by atoms with Crippen LogP contribution in [-0.4, -0.2) is 19.3 Å². The molecule has 0 aliphatic rings. The number of halogens is 1. The van der Waals surface area contributed by atoms with Crippen molar-refractivity contribution in [3.05, 3.63) is 21.8 Å². The molecular formula is C13H21IN2O. The molecule has 0 bridgehead atoms. The third-order valence-electron chi connectivity index (χ3n) is 2.66. The minimum atomic E-state index is 0.289. The lowest BCUT2D eigenvalue weighted by Gasteiger charge is -2.24. The summed E-state index contributed by atoms with van der Waals surface area (Å²) in [6.45, 7) is 7.82. The van der Waals surface area contributed by atoms with Gasteiger partial charge in [-0.15, -0.1) is 0 Å². The molecule has 0 fully saturated rings. The number of nitrogens with one attached hydrogen (secondary N) is 1. The molecule has 1 aromatic carbocycles. The summed E-state index contributed by atoms with van der Waals surface area (Å²) in [5.41, 5.74) is 7.77. The predicted molar refractivity (Wildman–Crippen MR) is 82.3 cm³/mol. The van der Waals surface area contributed by atoms with E-state index in [0.29, 0.717) is 12.5 Å². The van der Waals surface area contributed by atoms with Crippen LogP contribution in [0.4, 0.5) is 11.4 Å². The molecule has 1 rings (SSSR count). The van der Waals surface area contributed by atoms with Crippen LogP contribution < -0.4 is 11.1 Å². The Kier molecular flexibility index (Phi) is 6.05. The van der Waals surface area contributed by atoms with Crippen LogP contribution in [0.2, 0.25) is 0 Å². The molecule has 0 aliphatic carbocycles. The fourth-order valence-corrected chi connectivity index (χ4v) is 2.03. The minimum absolute atomic E-state index is 0.289. The van der Waals surface area contributed by atoms with E-state index in [-0.39, 0.29) is 6.04 Å². The highest BCUT2D eigenvalue weighted by molar-refractivity contribution is 14.1. The molecule has 3 nitrogen and oxygen atoms in total. The third-order valence-corrected chi connectivity index (χ3v) is 3.33. The van der Waals surface area contributed by atoms with Crippen LogP contribution in [-0.2, 0) is 4.74 Å². The van der Waals surface area contributed by atoms with E-state index in [2.05, 4.69) is 47.8 Å². The fraction of sp³-hybridized carbons (Fsp3) is 0.538. The molecule has 0 aromatic heterocycles. The summed E-state index contributed by atoms with van der Waals surface area (Å²) in [7, 11) is 0. The van der Waals surface area contributed by atoms with Crippen molar-refractivity contribution in [2.24, 2.45) is 5.92 Å². The Morgan fingerprint density at radius 2 is 2.12 bits per heavy atom. The first-order chi connectivity index (χ1) is 8.04. The van der Waals surface area contributed by atoms with E-state index >= 15 is 0 Å². The molecule has 0 amide bonds. The molecule has 4 heteroatoms. The number of ether oxygens (including phenoxy) is 1. The van der Waals surface area contributed by atoms with Crippen LogP contribution in [0, 0.1) is 9.49 Å². The second-order valence-electron chi connectivity index (χ2n) is 4.39. The van der Waals surface area contributed by atoms with Crippen LogP contribution in [0.25, 0.3) is 0 Å². The number of rotatable bonds is 6. The van der Waals surface area contributed by atoms with E-state index in [4.69, 9.17) is 10.5 Å². The van der Waals surface area contributed by atoms with Gasteiger partial charge in [-0.1, -0.05) is 13.8 Å². The Balaban J connectivity index is 2.71. The van der Waals surface area contributed by atoms with Gasteiger partial charge in [0.1, 0.15) is 0 Å². The smallest absolute Gasteiger partial charge is 0.0670 e. The maximum absolute atomic E-state index is 5.99. The van der Waals surface area contributed by atoms with Gasteiger partial charge < -0.3 is 15.8 Å². The summed E-state index contributed by atoms with van der Waals surface area (Å²) in [4.78, 5) is 0. The first-order valence-corrected chi connectivity index (χ1v) is 7.01. The summed E-state index contributed by atoms with van der Waals surface area (Å²) in [5, 5.41) is 3.46. The molecule has 1 aromatic rings. The number of benzene rings is 1. The van der Waals surface area contributed by atoms with Gasteiger partial charge in [0.05, 0.1) is 24.0 Å². The van der Waals surface area contributed by atoms with Crippen LogP contribution in [0.1, 0.15) is 20.8 Å². The molecule has 17 heavy (non-hydrogen) atoms. The van der Waals surface area contributed by atoms with Crippen LogP contribution in [0.5, 0.6) is 0 Å². The zero-order valence-corrected chi connectivity index (χ0v) is 12.8. The van der Waals surface area contributed by atoms with Crippen molar-refractivity contribution < 1.29 is 4.74 Å². The molecule has 0 saturated carbocycles. The van der Waals surface area contributed by atoms with Crippen LogP contribution in [0.3, 0.4) is 0 Å². The van der Waals surface area contributed by atoms with E-state index < -0.39 is 0 Å². The highest BCUT2D eigenvalue weighted by atomic mass is 127. The van der Waals surface area contributed by atoms with Gasteiger partial charge in [-0.3, -0.25) is 0 Å². The molecule has 96 valence electrons. The van der Waals surface area contributed by atoms with E-state index in [1.807, 2.05) is 19.1 Å². The Hall–Kier alpha value is -0.490. The van der Waals surface area contributed by atoms with Crippen LogP contribution >= 0.6 is 22.6 Å². The second kappa shape index (κ2) is 7.06. The average molecular weight is 348 g/mol. The molecule has 0 aliphatic heterocycles. The van der Waals surface area contributed by atoms with E-state index in [0.717, 1.165) is 21.6 Å². The highest BCUT2D eigenvalue weighted by Crippen LogP contribution is 2.23. The normalized spacial score (nSPS) is 12.8. The van der Waals surface area contributed by atoms with Gasteiger partial charge in [-0.2, -0.15) is 0 Å². The number of nitrogens with two attached hydrogens (primary N) is 1. The molecule has 3 N–H and O–H groups in total. The topological polar surface area (TPSA) is 47.3 Å². The Labute approximate surface area is 117 Å². The SMILES string of the molecule is CCOCC(Nc1ccc(I)cc1N)C(C)C. The Morgan fingerprint density at radius 3 is 2.65 bits per heavy atom. The second-order valence-corrected chi connectivity index (χ2v) is 5.63. The first-order valence-electron chi connectivity index (χ1n) is 5.94. The number of hydrogen-bond acceptors (Lipinski definition) is 3. The predicted octanol–water partition coefficient (Wildman–Crippen LogP) is 3.35. The summed E-state index contributed by atoms with van der Waals surface area (Å²) in [5.74, 6) is 0.500. The lowest BCUT2D eigenvalue weighted by Crippen LogP contribution is -2.31. The standard InChI is InChI=1S/C13H21IN2O/c1-4-17-8-13(9(2)3)16-12-6-5-10(14)7-11(12)15/h5-7,9,13,16H,4,8,15H2,1-3H3. The van der Waals surface area contributed by atoms with E-state index in [9.17, 15) is 0 Å². The lowest BCUT2D eigenvalue weighted by atomic mass is 10.0. The number of hydrogen-bond donors (Lipinski definition) is 2. The van der Waals surface area contributed by atoms with Gasteiger partial charge in [0.25, 0.3) is 0 Å². The fourth-order valence-electron chi connectivity index (χ4n) is 1.51. The maximum Gasteiger partial charge on any atom is 0.0670 e.